The SMILES string of the molecule is CC(C)c1ccc(NC(=S)N2CCC3(CC2)CC(OC(=O)NCc2ccc(Cl)cc2)=NO3)cc1. The standard InChI is InChI=1S/C25H29ClN4O3S/c1-17(2)19-5-9-21(10-6-19)28-23(34)30-13-11-25(12-14-30)15-22(29-33-25)32-24(31)27-16-18-3-7-20(26)8-4-18/h3-10,17H,11-16H2,1-2H3,(H,27,31)(H,28,34). The molecule has 1 spiro atoms. The number of hydrogen-bond donors (Lipinski definition) is 2. The fourth-order valence-corrected chi connectivity index (χ4v) is 4.43. The molecule has 1 amide bonds. The first kappa shape index (κ1) is 24.3. The maximum Gasteiger partial charge on any atom is 0.414 e. The highest BCUT2D eigenvalue weighted by Crippen LogP contribution is 2.35. The number of anilines is 1. The molecular formula is C25H29ClN4O3S. The first-order valence-corrected chi connectivity index (χ1v) is 12.2. The normalized spacial score (nSPS) is 16.7. The molecule has 0 radical (unpaired) electrons. The van der Waals surface area contributed by atoms with Gasteiger partial charge in [0.2, 0.25) is 5.90 Å². The number of thiocarbonyl (C=S) groups is 1. The van der Waals surface area contributed by atoms with Crippen molar-refractivity contribution in [3.05, 3.63) is 64.7 Å². The molecular weight excluding hydrogens is 472 g/mol. The Morgan fingerprint density at radius 3 is 2.50 bits per heavy atom. The summed E-state index contributed by atoms with van der Waals surface area (Å²) in [5.41, 5.74) is 2.76. The summed E-state index contributed by atoms with van der Waals surface area (Å²) >= 11 is 11.5. The Bertz CT molecular complexity index is 1050. The van der Waals surface area contributed by atoms with Crippen LogP contribution in [0.2, 0.25) is 5.02 Å². The first-order valence-electron chi connectivity index (χ1n) is 11.4. The van der Waals surface area contributed by atoms with Crippen LogP contribution in [-0.2, 0) is 16.1 Å². The molecule has 0 saturated carbocycles. The van der Waals surface area contributed by atoms with Crippen molar-refractivity contribution in [2.45, 2.75) is 51.2 Å². The Hall–Kier alpha value is -2.84. The summed E-state index contributed by atoms with van der Waals surface area (Å²) in [7, 11) is 0. The van der Waals surface area contributed by atoms with E-state index in [0.29, 0.717) is 34.9 Å². The predicted molar refractivity (Wildman–Crippen MR) is 138 cm³/mol. The van der Waals surface area contributed by atoms with Crippen molar-refractivity contribution in [1.82, 2.24) is 10.2 Å². The molecule has 1 fully saturated rings. The van der Waals surface area contributed by atoms with Crippen LogP contribution in [0.25, 0.3) is 0 Å². The quantitative estimate of drug-likeness (QED) is 0.528. The number of alkyl carbamates (subject to hydrolysis) is 1. The van der Waals surface area contributed by atoms with Crippen LogP contribution < -0.4 is 10.6 Å². The average molecular weight is 501 g/mol. The third kappa shape index (κ3) is 6.18. The maximum atomic E-state index is 12.2. The highest BCUT2D eigenvalue weighted by atomic mass is 35.5. The van der Waals surface area contributed by atoms with E-state index in [1.165, 1.54) is 5.56 Å². The van der Waals surface area contributed by atoms with Gasteiger partial charge in [-0.2, -0.15) is 0 Å². The molecule has 2 heterocycles. The Morgan fingerprint density at radius 1 is 1.18 bits per heavy atom. The zero-order chi connectivity index (χ0) is 24.1. The Kier molecular flexibility index (Phi) is 7.58. The van der Waals surface area contributed by atoms with Crippen molar-refractivity contribution in [1.29, 1.82) is 0 Å². The summed E-state index contributed by atoms with van der Waals surface area (Å²) in [6, 6.07) is 15.6. The van der Waals surface area contributed by atoms with E-state index in [4.69, 9.17) is 33.4 Å². The monoisotopic (exact) mass is 500 g/mol. The second kappa shape index (κ2) is 10.6. The molecule has 2 aliphatic rings. The van der Waals surface area contributed by atoms with Gasteiger partial charge < -0.3 is 25.1 Å². The van der Waals surface area contributed by atoms with E-state index in [-0.39, 0.29) is 0 Å². The number of benzene rings is 2. The van der Waals surface area contributed by atoms with E-state index in [9.17, 15) is 4.79 Å². The molecule has 0 aromatic heterocycles. The van der Waals surface area contributed by atoms with Gasteiger partial charge in [-0.25, -0.2) is 4.79 Å². The van der Waals surface area contributed by atoms with Gasteiger partial charge in [0.25, 0.3) is 0 Å². The number of piperidine rings is 1. The van der Waals surface area contributed by atoms with Gasteiger partial charge in [-0.1, -0.05) is 54.9 Å². The van der Waals surface area contributed by atoms with Crippen LogP contribution >= 0.6 is 23.8 Å². The van der Waals surface area contributed by atoms with Crippen molar-refractivity contribution < 1.29 is 14.4 Å². The Balaban J connectivity index is 1.20. The van der Waals surface area contributed by atoms with Gasteiger partial charge in [-0.15, -0.1) is 0 Å². The van der Waals surface area contributed by atoms with Crippen molar-refractivity contribution in [3.63, 3.8) is 0 Å². The van der Waals surface area contributed by atoms with Crippen LogP contribution in [0, 0.1) is 0 Å². The highest BCUT2D eigenvalue weighted by Gasteiger charge is 2.43. The number of likely N-dealkylation sites (tertiary alicyclic amines) is 1. The number of nitrogens with zero attached hydrogens (tertiary/aromatic N) is 2. The molecule has 7 nitrogen and oxygen atoms in total. The van der Waals surface area contributed by atoms with Crippen molar-refractivity contribution in [2.75, 3.05) is 18.4 Å². The molecule has 0 aliphatic carbocycles. The third-order valence-corrected chi connectivity index (χ3v) is 6.78. The predicted octanol–water partition coefficient (Wildman–Crippen LogP) is 5.66. The summed E-state index contributed by atoms with van der Waals surface area (Å²) in [6.07, 6.45) is 1.39. The lowest BCUT2D eigenvalue weighted by molar-refractivity contribution is -0.0521. The molecule has 4 rings (SSSR count). The smallest absolute Gasteiger partial charge is 0.392 e. The highest BCUT2D eigenvalue weighted by molar-refractivity contribution is 7.80. The molecule has 2 N–H and O–H groups in total. The van der Waals surface area contributed by atoms with Gasteiger partial charge in [0.1, 0.15) is 5.60 Å². The van der Waals surface area contributed by atoms with Gasteiger partial charge in [0.05, 0.1) is 6.42 Å². The molecule has 2 aromatic carbocycles. The summed E-state index contributed by atoms with van der Waals surface area (Å²) in [5, 5.41) is 11.4. The minimum absolute atomic E-state index is 0.299. The molecule has 1 saturated heterocycles. The Morgan fingerprint density at radius 2 is 1.85 bits per heavy atom. The minimum Gasteiger partial charge on any atom is -0.392 e. The molecule has 180 valence electrons. The number of halogens is 1. The van der Waals surface area contributed by atoms with E-state index < -0.39 is 11.7 Å². The molecule has 2 aromatic rings. The molecule has 0 atom stereocenters. The van der Waals surface area contributed by atoms with Crippen LogP contribution in [0.4, 0.5) is 10.5 Å². The largest absolute Gasteiger partial charge is 0.414 e. The van der Waals surface area contributed by atoms with E-state index in [1.807, 2.05) is 12.1 Å². The van der Waals surface area contributed by atoms with Crippen LogP contribution in [0.3, 0.4) is 0 Å². The van der Waals surface area contributed by atoms with Crippen molar-refractivity contribution in [2.24, 2.45) is 5.16 Å². The number of amides is 1. The van der Waals surface area contributed by atoms with Gasteiger partial charge >= 0.3 is 6.09 Å². The van der Waals surface area contributed by atoms with E-state index in [0.717, 1.165) is 37.2 Å². The molecule has 0 unspecified atom stereocenters. The number of oxime groups is 1. The average Bonchev–Trinajstić information content (AvgIpc) is 3.21. The molecule has 9 heteroatoms. The maximum absolute atomic E-state index is 12.2. The topological polar surface area (TPSA) is 75.2 Å². The number of ether oxygens (including phenoxy) is 1. The minimum atomic E-state index is -0.555. The zero-order valence-electron chi connectivity index (χ0n) is 19.3. The third-order valence-electron chi connectivity index (χ3n) is 6.17. The lowest BCUT2D eigenvalue weighted by Crippen LogP contribution is -2.48. The lowest BCUT2D eigenvalue weighted by Gasteiger charge is -2.38. The fourth-order valence-electron chi connectivity index (χ4n) is 4.00. The summed E-state index contributed by atoms with van der Waals surface area (Å²) < 4.78 is 5.36. The number of rotatable bonds is 4. The first-order chi connectivity index (χ1) is 16.3. The van der Waals surface area contributed by atoms with Crippen LogP contribution in [0.5, 0.6) is 0 Å². The van der Waals surface area contributed by atoms with Gasteiger partial charge in [0, 0.05) is 43.2 Å². The Labute approximate surface area is 210 Å². The molecule has 2 aliphatic heterocycles. The van der Waals surface area contributed by atoms with E-state index in [1.54, 1.807) is 12.1 Å². The molecule has 34 heavy (non-hydrogen) atoms. The second-order valence-corrected chi connectivity index (χ2v) is 9.82. The van der Waals surface area contributed by atoms with Crippen LogP contribution in [0.1, 0.15) is 50.2 Å². The summed E-state index contributed by atoms with van der Waals surface area (Å²) in [4.78, 5) is 20.0. The number of carbonyl (C=O) groups is 1. The molecule has 0 bridgehead atoms. The summed E-state index contributed by atoms with van der Waals surface area (Å²) in [6.45, 7) is 6.17. The number of hydrogen-bond acceptors (Lipinski definition) is 5. The van der Waals surface area contributed by atoms with Crippen molar-refractivity contribution >= 4 is 46.6 Å². The zero-order valence-corrected chi connectivity index (χ0v) is 20.9. The van der Waals surface area contributed by atoms with Gasteiger partial charge in [-0.3, -0.25) is 0 Å². The van der Waals surface area contributed by atoms with E-state index in [2.05, 4.69) is 58.8 Å². The van der Waals surface area contributed by atoms with Gasteiger partial charge in [-0.05, 0) is 53.5 Å². The van der Waals surface area contributed by atoms with Crippen LogP contribution in [0.15, 0.2) is 53.7 Å². The summed E-state index contributed by atoms with van der Waals surface area (Å²) in [5.74, 6) is 0.796. The number of nitrogens with one attached hydrogen (secondary N) is 2. The van der Waals surface area contributed by atoms with Crippen LogP contribution in [-0.4, -0.2) is 40.7 Å². The lowest BCUT2D eigenvalue weighted by atomic mass is 9.88. The van der Waals surface area contributed by atoms with E-state index >= 15 is 0 Å². The number of carbonyl (C=O) groups excluding carboxylic acids is 1. The second-order valence-electron chi connectivity index (χ2n) is 9.00. The van der Waals surface area contributed by atoms with Crippen molar-refractivity contribution in [3.8, 4) is 0 Å². The fraction of sp³-hybridized carbons (Fsp3) is 0.400. The van der Waals surface area contributed by atoms with Gasteiger partial charge in [0.15, 0.2) is 5.11 Å².